The third kappa shape index (κ3) is 2.96. The monoisotopic (exact) mass is 353 g/mol. The lowest BCUT2D eigenvalue weighted by molar-refractivity contribution is 0.494. The molecule has 1 atom stereocenters. The van der Waals surface area contributed by atoms with E-state index in [-0.39, 0.29) is 11.6 Å². The second-order valence-electron chi connectivity index (χ2n) is 6.70. The van der Waals surface area contributed by atoms with Crippen LogP contribution < -0.4 is 16.2 Å². The molecule has 136 valence electrons. The van der Waals surface area contributed by atoms with Crippen LogP contribution in [0.3, 0.4) is 0 Å². The van der Waals surface area contributed by atoms with Crippen LogP contribution in [-0.2, 0) is 13.1 Å². The zero-order valence-electron chi connectivity index (χ0n) is 14.9. The molecule has 0 saturated carbocycles. The Morgan fingerprint density at radius 2 is 2.12 bits per heavy atom. The minimum absolute atomic E-state index is 0.124. The van der Waals surface area contributed by atoms with Crippen molar-refractivity contribution in [1.29, 1.82) is 0 Å². The fraction of sp³-hybridized carbons (Fsp3) is 0.444. The number of imidazole rings is 1. The maximum absolute atomic E-state index is 13.1. The molecule has 1 fully saturated rings. The van der Waals surface area contributed by atoms with Gasteiger partial charge in [0.2, 0.25) is 5.95 Å². The summed E-state index contributed by atoms with van der Waals surface area (Å²) in [5.41, 5.74) is 8.23. The van der Waals surface area contributed by atoms with E-state index >= 15 is 0 Å². The summed E-state index contributed by atoms with van der Waals surface area (Å²) in [5.74, 6) is 0.818. The number of piperidine rings is 1. The molecule has 2 N–H and O–H groups in total. The van der Waals surface area contributed by atoms with Crippen molar-refractivity contribution in [3.05, 3.63) is 46.6 Å². The van der Waals surface area contributed by atoms with Crippen LogP contribution in [0.5, 0.6) is 0 Å². The summed E-state index contributed by atoms with van der Waals surface area (Å²) in [6.45, 7) is 4.79. The Balaban J connectivity index is 1.77. The number of nitrogens with zero attached hydrogens (tertiary/aromatic N) is 6. The molecule has 0 amide bonds. The SMILES string of the molecule is CCn1c(N2CCCC(N)C2)nc2cnn(Cc3ccncc3)c(=O)c21. The number of nitrogens with two attached hydrogens (primary N) is 1. The summed E-state index contributed by atoms with van der Waals surface area (Å²) in [6.07, 6.45) is 7.18. The predicted octanol–water partition coefficient (Wildman–Crippen LogP) is 0.984. The van der Waals surface area contributed by atoms with Crippen LogP contribution in [0.15, 0.2) is 35.5 Å². The van der Waals surface area contributed by atoms with Gasteiger partial charge in [-0.25, -0.2) is 9.67 Å². The number of hydrogen-bond donors (Lipinski definition) is 1. The molecule has 0 radical (unpaired) electrons. The Bertz CT molecular complexity index is 963. The standard InChI is InChI=1S/C18H23N7O/c1-2-24-16-15(22-18(24)23-9-3-4-14(19)12-23)10-21-25(17(16)26)11-13-5-7-20-8-6-13/h5-8,10,14H,2-4,9,11-12,19H2,1H3. The lowest BCUT2D eigenvalue weighted by Crippen LogP contribution is -2.44. The zero-order chi connectivity index (χ0) is 18.1. The molecular weight excluding hydrogens is 330 g/mol. The van der Waals surface area contributed by atoms with Gasteiger partial charge >= 0.3 is 0 Å². The number of anilines is 1. The van der Waals surface area contributed by atoms with Gasteiger partial charge < -0.3 is 15.2 Å². The van der Waals surface area contributed by atoms with E-state index in [0.29, 0.717) is 24.1 Å². The number of hydrogen-bond acceptors (Lipinski definition) is 6. The average molecular weight is 353 g/mol. The number of pyridine rings is 1. The largest absolute Gasteiger partial charge is 0.341 e. The van der Waals surface area contributed by atoms with E-state index in [9.17, 15) is 4.79 Å². The fourth-order valence-electron chi connectivity index (χ4n) is 3.58. The molecule has 1 unspecified atom stereocenters. The Kier molecular flexibility index (Phi) is 4.42. The molecule has 1 saturated heterocycles. The highest BCUT2D eigenvalue weighted by atomic mass is 16.1. The summed E-state index contributed by atoms with van der Waals surface area (Å²) in [4.78, 5) is 23.9. The number of rotatable bonds is 4. The van der Waals surface area contributed by atoms with Crippen molar-refractivity contribution in [2.24, 2.45) is 5.73 Å². The van der Waals surface area contributed by atoms with Gasteiger partial charge in [0.05, 0.1) is 12.7 Å². The Morgan fingerprint density at radius 3 is 2.85 bits per heavy atom. The van der Waals surface area contributed by atoms with Crippen molar-refractivity contribution in [1.82, 2.24) is 24.3 Å². The van der Waals surface area contributed by atoms with Crippen molar-refractivity contribution in [3.63, 3.8) is 0 Å². The molecule has 8 nitrogen and oxygen atoms in total. The van der Waals surface area contributed by atoms with Crippen LogP contribution in [0.4, 0.5) is 5.95 Å². The van der Waals surface area contributed by atoms with Gasteiger partial charge in [-0.3, -0.25) is 9.78 Å². The molecule has 3 aromatic rings. The Labute approximate surface area is 151 Å². The fourth-order valence-corrected chi connectivity index (χ4v) is 3.58. The third-order valence-corrected chi connectivity index (χ3v) is 4.87. The highest BCUT2D eigenvalue weighted by molar-refractivity contribution is 5.77. The molecule has 1 aliphatic rings. The molecule has 0 aliphatic carbocycles. The lowest BCUT2D eigenvalue weighted by atomic mass is 10.1. The van der Waals surface area contributed by atoms with Crippen molar-refractivity contribution in [2.45, 2.75) is 38.9 Å². The first-order valence-corrected chi connectivity index (χ1v) is 9.03. The molecule has 0 spiro atoms. The summed E-state index contributed by atoms with van der Waals surface area (Å²) >= 11 is 0. The Morgan fingerprint density at radius 1 is 1.31 bits per heavy atom. The third-order valence-electron chi connectivity index (χ3n) is 4.87. The van der Waals surface area contributed by atoms with Crippen molar-refractivity contribution < 1.29 is 0 Å². The molecule has 4 rings (SSSR count). The van der Waals surface area contributed by atoms with E-state index in [0.717, 1.165) is 37.4 Å². The van der Waals surface area contributed by atoms with Crippen molar-refractivity contribution in [3.8, 4) is 0 Å². The van der Waals surface area contributed by atoms with E-state index in [2.05, 4.69) is 15.0 Å². The van der Waals surface area contributed by atoms with Gasteiger partial charge in [-0.1, -0.05) is 0 Å². The van der Waals surface area contributed by atoms with Gasteiger partial charge in [0.25, 0.3) is 5.56 Å². The van der Waals surface area contributed by atoms with Crippen LogP contribution in [0.1, 0.15) is 25.3 Å². The Hall–Kier alpha value is -2.74. The van der Waals surface area contributed by atoms with E-state index in [4.69, 9.17) is 10.7 Å². The van der Waals surface area contributed by atoms with Gasteiger partial charge in [0.15, 0.2) is 0 Å². The molecular formula is C18H23N7O. The summed E-state index contributed by atoms with van der Waals surface area (Å²) in [5, 5.41) is 4.32. The van der Waals surface area contributed by atoms with Crippen molar-refractivity contribution in [2.75, 3.05) is 18.0 Å². The van der Waals surface area contributed by atoms with E-state index in [1.165, 1.54) is 4.68 Å². The van der Waals surface area contributed by atoms with E-state index in [1.54, 1.807) is 18.6 Å². The zero-order valence-corrected chi connectivity index (χ0v) is 14.9. The van der Waals surface area contributed by atoms with Crippen molar-refractivity contribution >= 4 is 17.0 Å². The number of aromatic nitrogens is 5. The van der Waals surface area contributed by atoms with Gasteiger partial charge in [0, 0.05) is 38.1 Å². The van der Waals surface area contributed by atoms with Gasteiger partial charge in [-0.05, 0) is 37.5 Å². The molecule has 26 heavy (non-hydrogen) atoms. The van der Waals surface area contributed by atoms with E-state index < -0.39 is 0 Å². The topological polar surface area (TPSA) is 94.9 Å². The van der Waals surface area contributed by atoms with Crippen LogP contribution in [0.25, 0.3) is 11.0 Å². The van der Waals surface area contributed by atoms with Crippen LogP contribution >= 0.6 is 0 Å². The van der Waals surface area contributed by atoms with Crippen LogP contribution in [0, 0.1) is 0 Å². The average Bonchev–Trinajstić information content (AvgIpc) is 3.04. The first-order valence-electron chi connectivity index (χ1n) is 9.03. The number of aryl methyl sites for hydroxylation is 1. The smallest absolute Gasteiger partial charge is 0.293 e. The molecule has 0 bridgehead atoms. The van der Waals surface area contributed by atoms with E-state index in [1.807, 2.05) is 23.6 Å². The second-order valence-corrected chi connectivity index (χ2v) is 6.70. The molecule has 8 heteroatoms. The first-order chi connectivity index (χ1) is 12.7. The van der Waals surface area contributed by atoms with Gasteiger partial charge in [-0.15, -0.1) is 0 Å². The van der Waals surface area contributed by atoms with Gasteiger partial charge in [0.1, 0.15) is 11.0 Å². The highest BCUT2D eigenvalue weighted by Gasteiger charge is 2.23. The quantitative estimate of drug-likeness (QED) is 0.751. The maximum atomic E-state index is 13.1. The minimum Gasteiger partial charge on any atom is -0.341 e. The van der Waals surface area contributed by atoms with Crippen LogP contribution in [0.2, 0.25) is 0 Å². The molecule has 3 aromatic heterocycles. The van der Waals surface area contributed by atoms with Crippen LogP contribution in [-0.4, -0.2) is 43.4 Å². The second kappa shape index (κ2) is 6.87. The summed E-state index contributed by atoms with van der Waals surface area (Å²) in [7, 11) is 0. The molecule has 4 heterocycles. The first kappa shape index (κ1) is 16.7. The predicted molar refractivity (Wildman–Crippen MR) is 100 cm³/mol. The molecule has 1 aliphatic heterocycles. The number of fused-ring (bicyclic) bond motifs is 1. The van der Waals surface area contributed by atoms with Gasteiger partial charge in [-0.2, -0.15) is 5.10 Å². The summed E-state index contributed by atoms with van der Waals surface area (Å²) < 4.78 is 3.47. The molecule has 0 aromatic carbocycles. The normalized spacial score (nSPS) is 17.8. The lowest BCUT2D eigenvalue weighted by Gasteiger charge is -2.31. The summed E-state index contributed by atoms with van der Waals surface area (Å²) in [6, 6.07) is 3.92. The maximum Gasteiger partial charge on any atom is 0.293 e. The minimum atomic E-state index is -0.124. The highest BCUT2D eigenvalue weighted by Crippen LogP contribution is 2.23.